The zero-order valence-electron chi connectivity index (χ0n) is 15.9. The summed E-state index contributed by atoms with van der Waals surface area (Å²) >= 11 is 0. The first-order chi connectivity index (χ1) is 13.3. The van der Waals surface area contributed by atoms with Crippen LogP contribution in [0.15, 0.2) is 48.5 Å². The fraction of sp³-hybridized carbons (Fsp3) is 0.318. The average molecular weight is 363 g/mol. The maximum absolute atomic E-state index is 5.48. The fourth-order valence-corrected chi connectivity index (χ4v) is 3.62. The van der Waals surface area contributed by atoms with Crippen LogP contribution in [0.1, 0.15) is 5.56 Å². The van der Waals surface area contributed by atoms with Gasteiger partial charge in [-0.2, -0.15) is 0 Å². The Balaban J connectivity index is 1.84. The number of nitrogens with zero attached hydrogens (tertiary/aromatic N) is 2. The second-order valence-corrected chi connectivity index (χ2v) is 6.79. The molecule has 2 heterocycles. The molecule has 1 aliphatic rings. The zero-order valence-corrected chi connectivity index (χ0v) is 15.9. The second kappa shape index (κ2) is 7.94. The van der Waals surface area contributed by atoms with Gasteiger partial charge in [0.05, 0.1) is 25.4 Å². The summed E-state index contributed by atoms with van der Waals surface area (Å²) < 4.78 is 10.9. The molecule has 0 unspecified atom stereocenters. The standard InChI is InChI=1S/C22H25N3O2/c1-26-20-13-17-12-18(15-25-10-8-23-9-11-25)22(16-6-4-3-5-7-16)24-19(17)14-21(20)27-2/h3-7,12-14,23H,8-11,15H2,1-2H3. The SMILES string of the molecule is COc1cc2cc(CN3CCNCC3)c(-c3ccccc3)nc2cc1OC. The third kappa shape index (κ3) is 3.75. The van der Waals surface area contributed by atoms with E-state index in [-0.39, 0.29) is 0 Å². The molecule has 4 rings (SSSR count). The molecule has 2 aromatic carbocycles. The Kier molecular flexibility index (Phi) is 5.23. The lowest BCUT2D eigenvalue weighted by molar-refractivity contribution is 0.233. The number of nitrogens with one attached hydrogen (secondary N) is 1. The van der Waals surface area contributed by atoms with Gasteiger partial charge in [-0.3, -0.25) is 4.90 Å². The van der Waals surface area contributed by atoms with Crippen molar-refractivity contribution in [3.05, 3.63) is 54.1 Å². The van der Waals surface area contributed by atoms with E-state index < -0.39 is 0 Å². The van der Waals surface area contributed by atoms with Crippen LogP contribution < -0.4 is 14.8 Å². The fourth-order valence-electron chi connectivity index (χ4n) is 3.62. The molecule has 0 aliphatic carbocycles. The summed E-state index contributed by atoms with van der Waals surface area (Å²) in [6.45, 7) is 5.07. The van der Waals surface area contributed by atoms with E-state index in [2.05, 4.69) is 40.5 Å². The molecule has 0 amide bonds. The summed E-state index contributed by atoms with van der Waals surface area (Å²) in [6, 6.07) is 16.6. The van der Waals surface area contributed by atoms with Crippen LogP contribution in [-0.2, 0) is 6.54 Å². The van der Waals surface area contributed by atoms with E-state index in [4.69, 9.17) is 14.5 Å². The summed E-state index contributed by atoms with van der Waals surface area (Å²) in [6.07, 6.45) is 0. The van der Waals surface area contributed by atoms with E-state index in [0.717, 1.165) is 60.6 Å². The normalized spacial score (nSPS) is 15.0. The Morgan fingerprint density at radius 2 is 1.67 bits per heavy atom. The van der Waals surface area contributed by atoms with Gasteiger partial charge in [-0.15, -0.1) is 0 Å². The Morgan fingerprint density at radius 3 is 2.37 bits per heavy atom. The molecule has 0 bridgehead atoms. The first kappa shape index (κ1) is 17.8. The van der Waals surface area contributed by atoms with Crippen LogP contribution in [0.25, 0.3) is 22.2 Å². The van der Waals surface area contributed by atoms with E-state index in [1.54, 1.807) is 14.2 Å². The van der Waals surface area contributed by atoms with Crippen molar-refractivity contribution in [2.75, 3.05) is 40.4 Å². The number of fused-ring (bicyclic) bond motifs is 1. The van der Waals surface area contributed by atoms with Gasteiger partial charge in [0.25, 0.3) is 0 Å². The van der Waals surface area contributed by atoms with Gasteiger partial charge in [-0.25, -0.2) is 4.98 Å². The van der Waals surface area contributed by atoms with Crippen LogP contribution in [0.5, 0.6) is 11.5 Å². The monoisotopic (exact) mass is 363 g/mol. The van der Waals surface area contributed by atoms with E-state index >= 15 is 0 Å². The van der Waals surface area contributed by atoms with Gasteiger partial charge >= 0.3 is 0 Å². The van der Waals surface area contributed by atoms with Crippen LogP contribution in [0.2, 0.25) is 0 Å². The topological polar surface area (TPSA) is 46.6 Å². The summed E-state index contributed by atoms with van der Waals surface area (Å²) in [7, 11) is 3.32. The maximum Gasteiger partial charge on any atom is 0.162 e. The summed E-state index contributed by atoms with van der Waals surface area (Å²) in [5.41, 5.74) is 4.33. The lowest BCUT2D eigenvalue weighted by atomic mass is 10.0. The van der Waals surface area contributed by atoms with Crippen molar-refractivity contribution in [2.45, 2.75) is 6.54 Å². The average Bonchev–Trinajstić information content (AvgIpc) is 2.73. The largest absolute Gasteiger partial charge is 0.493 e. The molecule has 5 nitrogen and oxygen atoms in total. The summed E-state index contributed by atoms with van der Waals surface area (Å²) in [5, 5.41) is 4.48. The molecule has 0 spiro atoms. The van der Waals surface area contributed by atoms with Crippen LogP contribution in [0, 0.1) is 0 Å². The number of benzene rings is 2. The van der Waals surface area contributed by atoms with Gasteiger partial charge in [0.2, 0.25) is 0 Å². The summed E-state index contributed by atoms with van der Waals surface area (Å²) in [5.74, 6) is 1.43. The highest BCUT2D eigenvalue weighted by molar-refractivity contribution is 5.86. The maximum atomic E-state index is 5.48. The Hall–Kier alpha value is -2.63. The molecule has 0 atom stereocenters. The highest BCUT2D eigenvalue weighted by Crippen LogP contribution is 2.34. The van der Waals surface area contributed by atoms with Gasteiger partial charge in [-0.1, -0.05) is 30.3 Å². The lowest BCUT2D eigenvalue weighted by Gasteiger charge is -2.28. The number of piperazine rings is 1. The highest BCUT2D eigenvalue weighted by Gasteiger charge is 2.16. The molecule has 1 aromatic heterocycles. The molecular weight excluding hydrogens is 338 g/mol. The smallest absolute Gasteiger partial charge is 0.162 e. The van der Waals surface area contributed by atoms with Gasteiger partial charge in [0.1, 0.15) is 0 Å². The molecular formula is C22H25N3O2. The Labute approximate surface area is 159 Å². The minimum absolute atomic E-state index is 0.700. The molecule has 5 heteroatoms. The van der Waals surface area contributed by atoms with E-state index in [0.29, 0.717) is 5.75 Å². The number of ether oxygens (including phenoxy) is 2. The summed E-state index contributed by atoms with van der Waals surface area (Å²) in [4.78, 5) is 7.50. The lowest BCUT2D eigenvalue weighted by Crippen LogP contribution is -2.43. The molecule has 1 saturated heterocycles. The number of methoxy groups -OCH3 is 2. The minimum atomic E-state index is 0.700. The molecule has 1 fully saturated rings. The van der Waals surface area contributed by atoms with Crippen LogP contribution >= 0.6 is 0 Å². The Morgan fingerprint density at radius 1 is 0.963 bits per heavy atom. The minimum Gasteiger partial charge on any atom is -0.493 e. The van der Waals surface area contributed by atoms with E-state index in [9.17, 15) is 0 Å². The van der Waals surface area contributed by atoms with E-state index in [1.165, 1.54) is 5.56 Å². The third-order valence-corrected chi connectivity index (χ3v) is 5.05. The first-order valence-electron chi connectivity index (χ1n) is 9.32. The van der Waals surface area contributed by atoms with Crippen LogP contribution in [0.4, 0.5) is 0 Å². The number of rotatable bonds is 5. The van der Waals surface area contributed by atoms with Crippen LogP contribution in [-0.4, -0.2) is 50.3 Å². The quantitative estimate of drug-likeness (QED) is 0.753. The van der Waals surface area contributed by atoms with Crippen molar-refractivity contribution < 1.29 is 9.47 Å². The van der Waals surface area contributed by atoms with Crippen molar-refractivity contribution in [2.24, 2.45) is 0 Å². The third-order valence-electron chi connectivity index (χ3n) is 5.05. The number of aromatic nitrogens is 1. The predicted molar refractivity (Wildman–Crippen MR) is 108 cm³/mol. The number of hydrogen-bond acceptors (Lipinski definition) is 5. The second-order valence-electron chi connectivity index (χ2n) is 6.79. The molecule has 27 heavy (non-hydrogen) atoms. The molecule has 0 radical (unpaired) electrons. The van der Waals surface area contributed by atoms with Crippen molar-refractivity contribution >= 4 is 10.9 Å². The zero-order chi connectivity index (χ0) is 18.6. The molecule has 3 aromatic rings. The van der Waals surface area contributed by atoms with Crippen molar-refractivity contribution in [1.29, 1.82) is 0 Å². The van der Waals surface area contributed by atoms with Gasteiger partial charge in [-0.05, 0) is 17.7 Å². The van der Waals surface area contributed by atoms with E-state index in [1.807, 2.05) is 18.2 Å². The van der Waals surface area contributed by atoms with Crippen molar-refractivity contribution in [3.8, 4) is 22.8 Å². The van der Waals surface area contributed by atoms with Crippen molar-refractivity contribution in [3.63, 3.8) is 0 Å². The van der Waals surface area contributed by atoms with Gasteiger partial charge in [0.15, 0.2) is 11.5 Å². The molecule has 1 aliphatic heterocycles. The number of hydrogen-bond donors (Lipinski definition) is 1. The van der Waals surface area contributed by atoms with Crippen LogP contribution in [0.3, 0.4) is 0 Å². The number of pyridine rings is 1. The molecule has 140 valence electrons. The van der Waals surface area contributed by atoms with Gasteiger partial charge in [0, 0.05) is 49.7 Å². The first-order valence-corrected chi connectivity index (χ1v) is 9.32. The van der Waals surface area contributed by atoms with Crippen molar-refractivity contribution in [1.82, 2.24) is 15.2 Å². The Bertz CT molecular complexity index is 922. The van der Waals surface area contributed by atoms with Gasteiger partial charge < -0.3 is 14.8 Å². The molecule has 1 N–H and O–H groups in total. The molecule has 0 saturated carbocycles. The highest BCUT2D eigenvalue weighted by atomic mass is 16.5. The predicted octanol–water partition coefficient (Wildman–Crippen LogP) is 3.32.